The number of carbonyl (C=O) groups excluding carboxylic acids is 1. The van der Waals surface area contributed by atoms with Gasteiger partial charge in [-0.15, -0.1) is 6.58 Å². The Balaban J connectivity index is 2.06. The predicted molar refractivity (Wildman–Crippen MR) is 91.0 cm³/mol. The van der Waals surface area contributed by atoms with Crippen molar-refractivity contribution in [3.8, 4) is 0 Å². The average Bonchev–Trinajstić information content (AvgIpc) is 2.46. The van der Waals surface area contributed by atoms with Gasteiger partial charge in [0.05, 0.1) is 11.7 Å². The molecule has 0 amide bonds. The summed E-state index contributed by atoms with van der Waals surface area (Å²) in [5.41, 5.74) is -1.48. The maximum atomic E-state index is 12.4. The molecule has 0 spiro atoms. The van der Waals surface area contributed by atoms with Gasteiger partial charge in [0.2, 0.25) is 0 Å². The van der Waals surface area contributed by atoms with Crippen LogP contribution in [0.3, 0.4) is 0 Å². The Morgan fingerprint density at radius 1 is 1.26 bits per heavy atom. The summed E-state index contributed by atoms with van der Waals surface area (Å²) in [5.74, 6) is 0.701. The summed E-state index contributed by atoms with van der Waals surface area (Å²) in [4.78, 5) is 12.4. The van der Waals surface area contributed by atoms with E-state index in [1.165, 1.54) is 0 Å². The minimum Gasteiger partial charge on any atom is -0.390 e. The Labute approximate surface area is 139 Å². The van der Waals surface area contributed by atoms with Crippen LogP contribution in [0.4, 0.5) is 0 Å². The van der Waals surface area contributed by atoms with E-state index in [0.29, 0.717) is 6.42 Å². The van der Waals surface area contributed by atoms with Crippen LogP contribution in [0.2, 0.25) is 0 Å². The fraction of sp³-hybridized carbons (Fsp3) is 0.750. The molecule has 3 heteroatoms. The van der Waals surface area contributed by atoms with E-state index in [1.54, 1.807) is 12.2 Å². The molecule has 128 valence electrons. The molecular formula is C20H30O3. The van der Waals surface area contributed by atoms with E-state index in [4.69, 9.17) is 4.74 Å². The summed E-state index contributed by atoms with van der Waals surface area (Å²) < 4.78 is 6.45. The van der Waals surface area contributed by atoms with Crippen LogP contribution < -0.4 is 0 Å². The first-order chi connectivity index (χ1) is 10.5. The van der Waals surface area contributed by atoms with Crippen molar-refractivity contribution in [1.82, 2.24) is 0 Å². The van der Waals surface area contributed by atoms with Gasteiger partial charge in [-0.3, -0.25) is 4.79 Å². The molecule has 0 aromatic heterocycles. The van der Waals surface area contributed by atoms with Crippen LogP contribution in [0.15, 0.2) is 24.8 Å². The third-order valence-corrected chi connectivity index (χ3v) is 7.25. The van der Waals surface area contributed by atoms with Crippen LogP contribution in [-0.4, -0.2) is 28.2 Å². The van der Waals surface area contributed by atoms with E-state index in [-0.39, 0.29) is 34.1 Å². The van der Waals surface area contributed by atoms with Crippen LogP contribution in [0, 0.1) is 22.7 Å². The monoisotopic (exact) mass is 318 g/mol. The molecule has 0 aromatic rings. The molecule has 2 fully saturated rings. The second-order valence-corrected chi connectivity index (χ2v) is 8.98. The zero-order valence-corrected chi connectivity index (χ0v) is 15.1. The highest BCUT2D eigenvalue weighted by Crippen LogP contribution is 2.63. The van der Waals surface area contributed by atoms with Crippen molar-refractivity contribution in [3.63, 3.8) is 0 Å². The molecule has 0 aromatic carbocycles. The van der Waals surface area contributed by atoms with Crippen LogP contribution in [0.1, 0.15) is 53.9 Å². The standard InChI is InChI=1S/C20H30O3/c1-7-19(5)16(22)12-14-18(4)10-9-15(21)17(2,3)13(18)8-11-20(14,6)23-19/h7,9-10,13-14,16,22H,1,8,11-12H2,2-6H3/t13?,14?,16-,18-,19+,20+/m1/s1. The first-order valence-corrected chi connectivity index (χ1v) is 8.75. The van der Waals surface area contributed by atoms with Gasteiger partial charge in [-0.25, -0.2) is 0 Å². The van der Waals surface area contributed by atoms with Gasteiger partial charge in [-0.2, -0.15) is 0 Å². The van der Waals surface area contributed by atoms with Gasteiger partial charge in [0.15, 0.2) is 5.78 Å². The highest BCUT2D eigenvalue weighted by Gasteiger charge is 2.63. The molecule has 3 nitrogen and oxygen atoms in total. The number of fused-ring (bicyclic) bond motifs is 3. The molecule has 1 heterocycles. The smallest absolute Gasteiger partial charge is 0.161 e. The Hall–Kier alpha value is -0.930. The molecule has 0 radical (unpaired) electrons. The summed E-state index contributed by atoms with van der Waals surface area (Å²) in [6, 6.07) is 0. The maximum Gasteiger partial charge on any atom is 0.161 e. The molecule has 3 aliphatic rings. The molecule has 3 rings (SSSR count). The van der Waals surface area contributed by atoms with Gasteiger partial charge in [0.25, 0.3) is 0 Å². The molecule has 1 saturated heterocycles. The van der Waals surface area contributed by atoms with Gasteiger partial charge in [0.1, 0.15) is 5.60 Å². The summed E-state index contributed by atoms with van der Waals surface area (Å²) in [7, 11) is 0. The second-order valence-electron chi connectivity index (χ2n) is 8.98. The predicted octanol–water partition coefficient (Wildman–Crippen LogP) is 3.67. The molecule has 23 heavy (non-hydrogen) atoms. The molecule has 6 atom stereocenters. The number of aliphatic hydroxyl groups is 1. The number of aliphatic hydroxyl groups excluding tert-OH is 1. The highest BCUT2D eigenvalue weighted by atomic mass is 16.5. The number of ether oxygens (including phenoxy) is 1. The molecule has 2 unspecified atom stereocenters. The second kappa shape index (κ2) is 4.80. The lowest BCUT2D eigenvalue weighted by atomic mass is 9.46. The number of carbonyl (C=O) groups is 1. The molecule has 1 aliphatic heterocycles. The lowest BCUT2D eigenvalue weighted by molar-refractivity contribution is -0.268. The Bertz CT molecular complexity index is 577. The molecule has 1 saturated carbocycles. The fourth-order valence-electron chi connectivity index (χ4n) is 5.66. The fourth-order valence-corrected chi connectivity index (χ4v) is 5.66. The maximum absolute atomic E-state index is 12.4. The van der Waals surface area contributed by atoms with Crippen LogP contribution in [-0.2, 0) is 9.53 Å². The zero-order chi connectivity index (χ0) is 17.3. The number of rotatable bonds is 1. The zero-order valence-electron chi connectivity index (χ0n) is 15.1. The van der Waals surface area contributed by atoms with Gasteiger partial charge >= 0.3 is 0 Å². The first kappa shape index (κ1) is 16.9. The van der Waals surface area contributed by atoms with Crippen molar-refractivity contribution in [2.45, 2.75) is 71.2 Å². The van der Waals surface area contributed by atoms with Gasteiger partial charge in [-0.05, 0) is 56.4 Å². The molecule has 2 aliphatic carbocycles. The normalized spacial score (nSPS) is 51.7. The lowest BCUT2D eigenvalue weighted by Crippen LogP contribution is -2.65. The lowest BCUT2D eigenvalue weighted by Gasteiger charge is -2.63. The van der Waals surface area contributed by atoms with E-state index >= 15 is 0 Å². The van der Waals surface area contributed by atoms with Crippen molar-refractivity contribution in [1.29, 1.82) is 0 Å². The SMILES string of the molecule is C=C[C@]1(C)O[C@@]2(C)CCC3C(C)(C)C(=O)C=C[C@@]3(C)C2C[C@H]1O. The minimum atomic E-state index is -0.696. The van der Waals surface area contributed by atoms with Crippen molar-refractivity contribution in [2.75, 3.05) is 0 Å². The largest absolute Gasteiger partial charge is 0.390 e. The first-order valence-electron chi connectivity index (χ1n) is 8.75. The summed E-state index contributed by atoms with van der Waals surface area (Å²) in [6.07, 6.45) is 7.59. The third-order valence-electron chi connectivity index (χ3n) is 7.25. The van der Waals surface area contributed by atoms with Crippen LogP contribution >= 0.6 is 0 Å². The number of hydrogen-bond acceptors (Lipinski definition) is 3. The molecular weight excluding hydrogens is 288 g/mol. The third kappa shape index (κ3) is 2.12. The van der Waals surface area contributed by atoms with Crippen LogP contribution in [0.5, 0.6) is 0 Å². The van der Waals surface area contributed by atoms with Gasteiger partial charge < -0.3 is 9.84 Å². The summed E-state index contributed by atoms with van der Waals surface area (Å²) >= 11 is 0. The van der Waals surface area contributed by atoms with E-state index in [9.17, 15) is 9.90 Å². The van der Waals surface area contributed by atoms with Crippen molar-refractivity contribution >= 4 is 5.78 Å². The quantitative estimate of drug-likeness (QED) is 0.750. The van der Waals surface area contributed by atoms with Gasteiger partial charge in [0, 0.05) is 5.41 Å². The molecule has 0 bridgehead atoms. The number of hydrogen-bond donors (Lipinski definition) is 1. The summed E-state index contributed by atoms with van der Waals surface area (Å²) in [5, 5.41) is 10.7. The highest BCUT2D eigenvalue weighted by molar-refractivity contribution is 5.95. The van der Waals surface area contributed by atoms with Crippen molar-refractivity contribution in [3.05, 3.63) is 24.8 Å². The topological polar surface area (TPSA) is 46.5 Å². The number of ketones is 1. The molecule has 1 N–H and O–H groups in total. The van der Waals surface area contributed by atoms with Gasteiger partial charge in [-0.1, -0.05) is 32.9 Å². The Kier molecular flexibility index (Phi) is 3.53. The Morgan fingerprint density at radius 3 is 2.52 bits per heavy atom. The van der Waals surface area contributed by atoms with Crippen LogP contribution in [0.25, 0.3) is 0 Å². The minimum absolute atomic E-state index is 0.131. The van der Waals surface area contributed by atoms with Crippen molar-refractivity contribution in [2.24, 2.45) is 22.7 Å². The summed E-state index contributed by atoms with van der Waals surface area (Å²) in [6.45, 7) is 14.3. The van der Waals surface area contributed by atoms with E-state index in [1.807, 2.05) is 6.92 Å². The van der Waals surface area contributed by atoms with E-state index in [2.05, 4.69) is 40.3 Å². The van der Waals surface area contributed by atoms with E-state index in [0.717, 1.165) is 12.8 Å². The average molecular weight is 318 g/mol. The van der Waals surface area contributed by atoms with Crippen molar-refractivity contribution < 1.29 is 14.6 Å². The van der Waals surface area contributed by atoms with E-state index < -0.39 is 11.7 Å². The number of allylic oxidation sites excluding steroid dienone is 2. The Morgan fingerprint density at radius 2 is 1.91 bits per heavy atom.